The summed E-state index contributed by atoms with van der Waals surface area (Å²) in [5.41, 5.74) is 3.78. The highest BCUT2D eigenvalue weighted by atomic mass is 32.2. The number of allylic oxidation sites excluding steroid dienone is 1. The third-order valence-electron chi connectivity index (χ3n) is 6.17. The van der Waals surface area contributed by atoms with Crippen LogP contribution in [0.3, 0.4) is 0 Å². The van der Waals surface area contributed by atoms with Gasteiger partial charge < -0.3 is 14.7 Å². The van der Waals surface area contributed by atoms with E-state index in [-0.39, 0.29) is 6.10 Å². The van der Waals surface area contributed by atoms with Gasteiger partial charge in [0.15, 0.2) is 0 Å². The van der Waals surface area contributed by atoms with Gasteiger partial charge in [-0.25, -0.2) is 0 Å². The normalized spacial score (nSPS) is 14.4. The third-order valence-corrected chi connectivity index (χ3v) is 6.86. The minimum Gasteiger partial charge on any atom is -0.395 e. The van der Waals surface area contributed by atoms with E-state index in [2.05, 4.69) is 113 Å². The molecule has 2 N–H and O–H groups in total. The number of nitrogens with zero attached hydrogens (tertiary/aromatic N) is 2. The van der Waals surface area contributed by atoms with Crippen LogP contribution < -0.4 is 0 Å². The van der Waals surface area contributed by atoms with Crippen LogP contribution in [0.5, 0.6) is 0 Å². The first kappa shape index (κ1) is 29.5. The number of aliphatic hydroxyl groups is 1. The highest BCUT2D eigenvalue weighted by Crippen LogP contribution is 2.25. The molecule has 8 heteroatoms. The van der Waals surface area contributed by atoms with Gasteiger partial charge in [0, 0.05) is 32.7 Å². The molecule has 0 unspecified atom stereocenters. The van der Waals surface area contributed by atoms with Crippen LogP contribution in [0.1, 0.15) is 22.8 Å². The Morgan fingerprint density at radius 1 is 0.816 bits per heavy atom. The fourth-order valence-electron chi connectivity index (χ4n) is 4.14. The smallest absolute Gasteiger partial charge is 0.267 e. The van der Waals surface area contributed by atoms with Crippen LogP contribution in [0.15, 0.2) is 103 Å². The zero-order valence-corrected chi connectivity index (χ0v) is 22.5. The molecule has 0 amide bonds. The molecule has 1 aliphatic heterocycles. The lowest BCUT2D eigenvalue weighted by molar-refractivity contribution is 0.0502. The molecule has 7 nitrogen and oxygen atoms in total. The molecule has 1 fully saturated rings. The van der Waals surface area contributed by atoms with Crippen LogP contribution in [0, 0.1) is 0 Å². The van der Waals surface area contributed by atoms with Crippen molar-refractivity contribution in [3.8, 4) is 0 Å². The predicted molar refractivity (Wildman–Crippen MR) is 151 cm³/mol. The van der Waals surface area contributed by atoms with Crippen molar-refractivity contribution < 1.29 is 22.8 Å². The first-order chi connectivity index (χ1) is 18.4. The third kappa shape index (κ3) is 11.2. The summed E-state index contributed by atoms with van der Waals surface area (Å²) in [7, 11) is -3.92. The van der Waals surface area contributed by atoms with Crippen molar-refractivity contribution in [2.75, 3.05) is 51.7 Å². The Kier molecular flexibility index (Phi) is 12.5. The Morgan fingerprint density at radius 3 is 1.82 bits per heavy atom. The number of rotatable bonds is 11. The minimum atomic E-state index is -3.92. The molecule has 1 aliphatic rings. The van der Waals surface area contributed by atoms with Crippen LogP contribution in [-0.2, 0) is 21.3 Å². The summed E-state index contributed by atoms with van der Waals surface area (Å²) in [4.78, 5) is 4.94. The molecule has 1 saturated heterocycles. The van der Waals surface area contributed by atoms with Gasteiger partial charge in [-0.2, -0.15) is 8.42 Å². The van der Waals surface area contributed by atoms with Gasteiger partial charge in [-0.15, -0.1) is 0 Å². The number of ether oxygens (including phenoxy) is 1. The zero-order valence-electron chi connectivity index (χ0n) is 21.7. The van der Waals surface area contributed by atoms with Crippen LogP contribution in [-0.4, -0.2) is 79.6 Å². The average molecular weight is 539 g/mol. The van der Waals surface area contributed by atoms with Crippen molar-refractivity contribution in [3.63, 3.8) is 0 Å². The van der Waals surface area contributed by atoms with Gasteiger partial charge in [-0.1, -0.05) is 97.1 Å². The first-order valence-corrected chi connectivity index (χ1v) is 14.5. The van der Waals surface area contributed by atoms with Crippen molar-refractivity contribution in [1.82, 2.24) is 9.80 Å². The van der Waals surface area contributed by atoms with Crippen molar-refractivity contribution in [2.45, 2.75) is 12.5 Å². The molecule has 0 bridgehead atoms. The molecule has 0 radical (unpaired) electrons. The minimum absolute atomic E-state index is 0.00962. The van der Waals surface area contributed by atoms with E-state index < -0.39 is 22.5 Å². The molecular weight excluding hydrogens is 500 g/mol. The van der Waals surface area contributed by atoms with Gasteiger partial charge in [-0.3, -0.25) is 9.45 Å². The van der Waals surface area contributed by atoms with Gasteiger partial charge in [0.1, 0.15) is 6.10 Å². The molecule has 3 aromatic carbocycles. The summed E-state index contributed by atoms with van der Waals surface area (Å²) >= 11 is 0. The maximum absolute atomic E-state index is 9.63. The summed E-state index contributed by atoms with van der Waals surface area (Å²) in [6.45, 7) is 5.49. The molecule has 0 aromatic heterocycles. The Hall–Kier alpha value is -3.01. The van der Waals surface area contributed by atoms with Gasteiger partial charge in [0.2, 0.25) is 0 Å². The lowest BCUT2D eigenvalue weighted by Gasteiger charge is -2.34. The van der Waals surface area contributed by atoms with E-state index >= 15 is 0 Å². The highest BCUT2D eigenvalue weighted by molar-refractivity contribution is 7.85. The number of hydrogen-bond acceptors (Lipinski definition) is 6. The monoisotopic (exact) mass is 538 g/mol. The molecule has 0 aliphatic carbocycles. The molecular formula is C30H38N2O5S. The summed E-state index contributed by atoms with van der Waals surface area (Å²) in [6, 6.07) is 31.7. The molecule has 1 heterocycles. The van der Waals surface area contributed by atoms with E-state index in [4.69, 9.17) is 14.4 Å². The van der Waals surface area contributed by atoms with E-state index in [0.29, 0.717) is 0 Å². The summed E-state index contributed by atoms with van der Waals surface area (Å²) in [5, 5.41) is 7.86. The Balaban J connectivity index is 0.000000505. The largest absolute Gasteiger partial charge is 0.395 e. The van der Waals surface area contributed by atoms with Gasteiger partial charge in [0.25, 0.3) is 10.1 Å². The van der Waals surface area contributed by atoms with Crippen molar-refractivity contribution in [3.05, 3.63) is 120 Å². The van der Waals surface area contributed by atoms with E-state index in [9.17, 15) is 8.42 Å². The van der Waals surface area contributed by atoms with Crippen molar-refractivity contribution in [1.29, 1.82) is 0 Å². The second kappa shape index (κ2) is 16.1. The first-order valence-electron chi connectivity index (χ1n) is 12.9. The predicted octanol–water partition coefficient (Wildman–Crippen LogP) is 4.03. The standard InChI is InChI=1S/C28H32N2O.C2H6O4S/c1-4-11-25(12-5-1)13-10-18-29-19-21-30(22-20-29)23-24-31-28(26-14-6-2-7-15-26)27-16-8-3-9-17-27;3-1-2-7(4,5)6/h1-12,14-18,28H,13,19-24H2;3H,1-2H2,(H,4,5,6)/b18-10+;. The Morgan fingerprint density at radius 2 is 1.34 bits per heavy atom. The molecule has 0 saturated carbocycles. The molecule has 0 spiro atoms. The van der Waals surface area contributed by atoms with Crippen LogP contribution in [0.25, 0.3) is 0 Å². The molecule has 4 rings (SSSR count). The lowest BCUT2D eigenvalue weighted by Crippen LogP contribution is -2.45. The van der Waals surface area contributed by atoms with Crippen LogP contribution in [0.2, 0.25) is 0 Å². The average Bonchev–Trinajstić information content (AvgIpc) is 2.93. The molecule has 38 heavy (non-hydrogen) atoms. The Bertz CT molecular complexity index is 1130. The van der Waals surface area contributed by atoms with E-state index in [1.165, 1.54) is 16.7 Å². The second-order valence-electron chi connectivity index (χ2n) is 9.03. The lowest BCUT2D eigenvalue weighted by atomic mass is 10.0. The summed E-state index contributed by atoms with van der Waals surface area (Å²) in [6.07, 6.45) is 5.53. The molecule has 3 aromatic rings. The molecule has 0 atom stereocenters. The summed E-state index contributed by atoms with van der Waals surface area (Å²) < 4.78 is 33.5. The fourth-order valence-corrected chi connectivity index (χ4v) is 4.37. The zero-order chi connectivity index (χ0) is 27.1. The fraction of sp³-hybridized carbons (Fsp3) is 0.333. The SMILES string of the molecule is C(=C\N1CCN(CCOC(c2ccccc2)c2ccccc2)CC1)/Cc1ccccc1.O=S(=O)(O)CCO. The maximum atomic E-state index is 9.63. The number of piperazine rings is 1. The number of aliphatic hydroxyl groups excluding tert-OH is 1. The Labute approximate surface area is 226 Å². The quantitative estimate of drug-likeness (QED) is 0.356. The summed E-state index contributed by atoms with van der Waals surface area (Å²) in [5.74, 6) is -0.576. The second-order valence-corrected chi connectivity index (χ2v) is 10.6. The molecule has 204 valence electrons. The van der Waals surface area contributed by atoms with Crippen molar-refractivity contribution >= 4 is 10.1 Å². The van der Waals surface area contributed by atoms with Gasteiger partial charge in [0.05, 0.1) is 19.0 Å². The highest BCUT2D eigenvalue weighted by Gasteiger charge is 2.17. The maximum Gasteiger partial charge on any atom is 0.267 e. The van der Waals surface area contributed by atoms with Crippen molar-refractivity contribution in [2.24, 2.45) is 0 Å². The van der Waals surface area contributed by atoms with E-state index in [0.717, 1.165) is 45.8 Å². The number of hydrogen-bond donors (Lipinski definition) is 2. The number of benzene rings is 3. The van der Waals surface area contributed by atoms with Crippen LogP contribution in [0.4, 0.5) is 0 Å². The van der Waals surface area contributed by atoms with Gasteiger partial charge in [-0.05, 0) is 29.3 Å². The van der Waals surface area contributed by atoms with E-state index in [1.807, 2.05) is 0 Å². The van der Waals surface area contributed by atoms with Gasteiger partial charge >= 0.3 is 0 Å². The topological polar surface area (TPSA) is 90.3 Å². The van der Waals surface area contributed by atoms with Crippen LogP contribution >= 0.6 is 0 Å². The van der Waals surface area contributed by atoms with E-state index in [1.54, 1.807) is 0 Å².